The second kappa shape index (κ2) is 7.38. The van der Waals surface area contributed by atoms with Crippen LogP contribution in [0.5, 0.6) is 5.75 Å². The molecule has 0 radical (unpaired) electrons. The van der Waals surface area contributed by atoms with E-state index >= 15 is 0 Å². The Morgan fingerprint density at radius 3 is 2.76 bits per heavy atom. The molecule has 2 aromatic rings. The van der Waals surface area contributed by atoms with Crippen LogP contribution in [0.15, 0.2) is 30.5 Å². The van der Waals surface area contributed by atoms with Crippen LogP contribution < -0.4 is 20.7 Å². The van der Waals surface area contributed by atoms with Crippen LogP contribution in [0.1, 0.15) is 30.1 Å². The van der Waals surface area contributed by atoms with E-state index < -0.39 is 0 Å². The molecule has 0 unspecified atom stereocenters. The number of piperidine rings is 1. The number of nitrogens with two attached hydrogens (primary N) is 1. The molecular formula is C18H23N5O2. The summed E-state index contributed by atoms with van der Waals surface area (Å²) in [4.78, 5) is 23.2. The number of benzene rings is 1. The second-order valence-corrected chi connectivity index (χ2v) is 6.34. The van der Waals surface area contributed by atoms with E-state index in [0.29, 0.717) is 17.6 Å². The molecular weight excluding hydrogens is 318 g/mol. The summed E-state index contributed by atoms with van der Waals surface area (Å²) in [7, 11) is 1.59. The monoisotopic (exact) mass is 341 g/mol. The van der Waals surface area contributed by atoms with E-state index in [1.807, 2.05) is 0 Å². The van der Waals surface area contributed by atoms with E-state index in [-0.39, 0.29) is 17.3 Å². The van der Waals surface area contributed by atoms with Crippen LogP contribution in [0.4, 0.5) is 17.5 Å². The molecule has 1 fully saturated rings. The van der Waals surface area contributed by atoms with Gasteiger partial charge in [-0.15, -0.1) is 0 Å². The summed E-state index contributed by atoms with van der Waals surface area (Å²) < 4.78 is 5.10. The van der Waals surface area contributed by atoms with Gasteiger partial charge in [0.1, 0.15) is 17.1 Å². The Morgan fingerprint density at radius 2 is 2.12 bits per heavy atom. The van der Waals surface area contributed by atoms with Crippen molar-refractivity contribution >= 4 is 23.4 Å². The smallest absolute Gasteiger partial charge is 0.260 e. The lowest BCUT2D eigenvalue weighted by molar-refractivity contribution is 0.102. The summed E-state index contributed by atoms with van der Waals surface area (Å²) in [5.74, 6) is 1.78. The van der Waals surface area contributed by atoms with Gasteiger partial charge in [0.25, 0.3) is 5.91 Å². The molecule has 0 aliphatic carbocycles. The minimum absolute atomic E-state index is 0.189. The molecule has 1 atom stereocenters. The third kappa shape index (κ3) is 3.99. The topological polar surface area (TPSA) is 93.4 Å². The molecule has 3 N–H and O–H groups in total. The number of rotatable bonds is 4. The van der Waals surface area contributed by atoms with E-state index in [4.69, 9.17) is 10.5 Å². The van der Waals surface area contributed by atoms with Gasteiger partial charge in [-0.25, -0.2) is 4.98 Å². The molecule has 7 heteroatoms. The van der Waals surface area contributed by atoms with Crippen LogP contribution in [0.2, 0.25) is 0 Å². The van der Waals surface area contributed by atoms with E-state index in [0.717, 1.165) is 25.3 Å². The number of amides is 1. The third-order valence-corrected chi connectivity index (χ3v) is 4.34. The number of methoxy groups -OCH3 is 1. The standard InChI is InChI=1S/C18H23N5O2/c1-12-4-3-9-23(11-12)18-20-10-15(16(19)22-18)17(24)21-13-5-7-14(25-2)8-6-13/h5-8,10,12H,3-4,9,11H2,1-2H3,(H,21,24)(H2,19,20,22)/t12-/m0/s1. The molecule has 132 valence electrons. The van der Waals surface area contributed by atoms with Crippen LogP contribution in [-0.4, -0.2) is 36.1 Å². The summed E-state index contributed by atoms with van der Waals surface area (Å²) >= 11 is 0. The number of carbonyl (C=O) groups excluding carboxylic acids is 1. The first-order chi connectivity index (χ1) is 12.1. The zero-order valence-electron chi connectivity index (χ0n) is 14.5. The van der Waals surface area contributed by atoms with Gasteiger partial charge in [-0.1, -0.05) is 6.92 Å². The fourth-order valence-corrected chi connectivity index (χ4v) is 2.96. The Kier molecular flexibility index (Phi) is 5.02. The molecule has 1 aromatic heterocycles. The van der Waals surface area contributed by atoms with Crippen molar-refractivity contribution in [1.82, 2.24) is 9.97 Å². The van der Waals surface area contributed by atoms with Crippen molar-refractivity contribution in [3.8, 4) is 5.75 Å². The van der Waals surface area contributed by atoms with Crippen molar-refractivity contribution < 1.29 is 9.53 Å². The maximum absolute atomic E-state index is 12.4. The summed E-state index contributed by atoms with van der Waals surface area (Å²) in [6.07, 6.45) is 3.83. The van der Waals surface area contributed by atoms with E-state index in [1.54, 1.807) is 31.4 Å². The van der Waals surface area contributed by atoms with Crippen LogP contribution >= 0.6 is 0 Å². The van der Waals surface area contributed by atoms with Crippen LogP contribution in [0.3, 0.4) is 0 Å². The Morgan fingerprint density at radius 1 is 1.36 bits per heavy atom. The van der Waals surface area contributed by atoms with Crippen molar-refractivity contribution in [1.29, 1.82) is 0 Å². The van der Waals surface area contributed by atoms with Gasteiger partial charge >= 0.3 is 0 Å². The van der Waals surface area contributed by atoms with Gasteiger partial charge in [-0.05, 0) is 43.0 Å². The molecule has 2 heterocycles. The van der Waals surface area contributed by atoms with Crippen molar-refractivity contribution in [2.24, 2.45) is 5.92 Å². The largest absolute Gasteiger partial charge is 0.497 e. The minimum atomic E-state index is -0.332. The highest BCUT2D eigenvalue weighted by Gasteiger charge is 2.20. The lowest BCUT2D eigenvalue weighted by Crippen LogP contribution is -2.35. The normalized spacial score (nSPS) is 17.2. The highest BCUT2D eigenvalue weighted by molar-refractivity contribution is 6.07. The van der Waals surface area contributed by atoms with Crippen LogP contribution in [0, 0.1) is 5.92 Å². The van der Waals surface area contributed by atoms with Gasteiger partial charge in [0, 0.05) is 25.0 Å². The van der Waals surface area contributed by atoms with E-state index in [2.05, 4.69) is 27.1 Å². The number of hydrogen-bond acceptors (Lipinski definition) is 6. The second-order valence-electron chi connectivity index (χ2n) is 6.34. The van der Waals surface area contributed by atoms with Gasteiger partial charge < -0.3 is 20.7 Å². The molecule has 0 spiro atoms. The van der Waals surface area contributed by atoms with Crippen molar-refractivity contribution in [3.63, 3.8) is 0 Å². The van der Waals surface area contributed by atoms with Gasteiger partial charge in [-0.2, -0.15) is 4.98 Å². The van der Waals surface area contributed by atoms with Crippen LogP contribution in [-0.2, 0) is 0 Å². The number of aromatic nitrogens is 2. The van der Waals surface area contributed by atoms with E-state index in [9.17, 15) is 4.79 Å². The Bertz CT molecular complexity index is 748. The number of ether oxygens (including phenoxy) is 1. The van der Waals surface area contributed by atoms with Gasteiger partial charge in [0.05, 0.1) is 7.11 Å². The number of nitrogens with zero attached hydrogens (tertiary/aromatic N) is 3. The highest BCUT2D eigenvalue weighted by Crippen LogP contribution is 2.22. The molecule has 1 aliphatic heterocycles. The van der Waals surface area contributed by atoms with Crippen molar-refractivity contribution in [3.05, 3.63) is 36.0 Å². The SMILES string of the molecule is COc1ccc(NC(=O)c2cnc(N3CCC[C@H](C)C3)nc2N)cc1. The Labute approximate surface area is 147 Å². The molecule has 7 nitrogen and oxygen atoms in total. The summed E-state index contributed by atoms with van der Waals surface area (Å²) in [5, 5.41) is 2.79. The maximum Gasteiger partial charge on any atom is 0.260 e. The van der Waals surface area contributed by atoms with Gasteiger partial charge in [-0.3, -0.25) is 4.79 Å². The van der Waals surface area contributed by atoms with Crippen molar-refractivity contribution in [2.45, 2.75) is 19.8 Å². The summed E-state index contributed by atoms with van der Waals surface area (Å²) in [5.41, 5.74) is 6.92. The number of nitrogens with one attached hydrogen (secondary N) is 1. The molecule has 1 amide bonds. The predicted octanol–water partition coefficient (Wildman–Crippen LogP) is 2.56. The van der Waals surface area contributed by atoms with Crippen molar-refractivity contribution in [2.75, 3.05) is 36.1 Å². The highest BCUT2D eigenvalue weighted by atomic mass is 16.5. The first-order valence-electron chi connectivity index (χ1n) is 8.39. The quantitative estimate of drug-likeness (QED) is 0.888. The summed E-state index contributed by atoms with van der Waals surface area (Å²) in [6.45, 7) is 4.05. The molecule has 1 aliphatic rings. The van der Waals surface area contributed by atoms with E-state index in [1.165, 1.54) is 12.6 Å². The zero-order valence-corrected chi connectivity index (χ0v) is 14.5. The molecule has 0 bridgehead atoms. The number of nitrogen functional groups attached to an aromatic ring is 1. The maximum atomic E-state index is 12.4. The minimum Gasteiger partial charge on any atom is -0.497 e. The van der Waals surface area contributed by atoms with Crippen LogP contribution in [0.25, 0.3) is 0 Å². The lowest BCUT2D eigenvalue weighted by Gasteiger charge is -2.31. The zero-order chi connectivity index (χ0) is 17.8. The molecule has 25 heavy (non-hydrogen) atoms. The first kappa shape index (κ1) is 17.0. The molecule has 0 saturated carbocycles. The molecule has 1 aromatic carbocycles. The number of carbonyl (C=O) groups is 1. The predicted molar refractivity (Wildman–Crippen MR) is 98.0 cm³/mol. The third-order valence-electron chi connectivity index (χ3n) is 4.34. The Balaban J connectivity index is 1.72. The fraction of sp³-hybridized carbons (Fsp3) is 0.389. The summed E-state index contributed by atoms with van der Waals surface area (Å²) in [6, 6.07) is 7.07. The number of anilines is 3. The van der Waals surface area contributed by atoms with Gasteiger partial charge in [0.2, 0.25) is 5.95 Å². The van der Waals surface area contributed by atoms with Gasteiger partial charge in [0.15, 0.2) is 0 Å². The molecule has 1 saturated heterocycles. The fourth-order valence-electron chi connectivity index (χ4n) is 2.96. The lowest BCUT2D eigenvalue weighted by atomic mass is 10.0. The molecule has 3 rings (SSSR count). The Hall–Kier alpha value is -2.83. The average molecular weight is 341 g/mol. The average Bonchev–Trinajstić information content (AvgIpc) is 2.62. The first-order valence-corrected chi connectivity index (χ1v) is 8.39. The number of hydrogen-bond donors (Lipinski definition) is 2.